The van der Waals surface area contributed by atoms with Gasteiger partial charge in [0.1, 0.15) is 0 Å². The van der Waals surface area contributed by atoms with Crippen LogP contribution in [-0.2, 0) is 4.79 Å². The van der Waals surface area contributed by atoms with Gasteiger partial charge in [0.25, 0.3) is 0 Å². The minimum Gasteiger partial charge on any atom is -0.345 e. The van der Waals surface area contributed by atoms with Crippen LogP contribution < -0.4 is 5.73 Å². The average molecular weight is 242 g/mol. The van der Waals surface area contributed by atoms with Crippen LogP contribution in [-0.4, -0.2) is 30.9 Å². The Labute approximate surface area is 107 Å². The molecule has 0 rings (SSSR count). The van der Waals surface area contributed by atoms with Crippen molar-refractivity contribution in [3.8, 4) is 0 Å². The highest BCUT2D eigenvalue weighted by Gasteiger charge is 2.36. The molecule has 0 unspecified atom stereocenters. The summed E-state index contributed by atoms with van der Waals surface area (Å²) in [5.74, 6) is 0.247. The molecule has 0 atom stereocenters. The summed E-state index contributed by atoms with van der Waals surface area (Å²) in [4.78, 5) is 14.4. The molecule has 102 valence electrons. The molecule has 0 saturated heterocycles. The van der Waals surface area contributed by atoms with E-state index in [4.69, 9.17) is 5.73 Å². The van der Waals surface area contributed by atoms with E-state index in [1.54, 1.807) is 0 Å². The fourth-order valence-electron chi connectivity index (χ4n) is 2.49. The Morgan fingerprint density at radius 2 is 1.65 bits per heavy atom. The smallest absolute Gasteiger partial charge is 0.229 e. The summed E-state index contributed by atoms with van der Waals surface area (Å²) in [6.07, 6.45) is 6.05. The van der Waals surface area contributed by atoms with Crippen molar-refractivity contribution in [2.45, 2.75) is 59.3 Å². The summed E-state index contributed by atoms with van der Waals surface area (Å²) < 4.78 is 0. The molecule has 0 spiro atoms. The zero-order valence-corrected chi connectivity index (χ0v) is 12.1. The third-order valence-corrected chi connectivity index (χ3v) is 3.50. The molecule has 0 aromatic carbocycles. The van der Waals surface area contributed by atoms with E-state index in [1.165, 1.54) is 0 Å². The maximum atomic E-state index is 12.5. The number of hydrogen-bond acceptors (Lipinski definition) is 2. The van der Waals surface area contributed by atoms with Crippen molar-refractivity contribution in [3.63, 3.8) is 0 Å². The van der Waals surface area contributed by atoms with E-state index >= 15 is 0 Å². The lowest BCUT2D eigenvalue weighted by Gasteiger charge is -2.34. The maximum absolute atomic E-state index is 12.5. The number of unbranched alkanes of at least 4 members (excludes halogenated alkanes) is 1. The van der Waals surface area contributed by atoms with Gasteiger partial charge < -0.3 is 10.6 Å². The van der Waals surface area contributed by atoms with Crippen molar-refractivity contribution < 1.29 is 4.79 Å². The van der Waals surface area contributed by atoms with Crippen LogP contribution in [0.25, 0.3) is 0 Å². The summed E-state index contributed by atoms with van der Waals surface area (Å²) in [5.41, 5.74) is 5.59. The van der Waals surface area contributed by atoms with Gasteiger partial charge in [0, 0.05) is 20.1 Å². The number of carbonyl (C=O) groups excluding carboxylic acids is 1. The van der Waals surface area contributed by atoms with E-state index in [2.05, 4.69) is 20.8 Å². The van der Waals surface area contributed by atoms with Crippen molar-refractivity contribution in [2.24, 2.45) is 11.1 Å². The maximum Gasteiger partial charge on any atom is 0.229 e. The first-order valence-corrected chi connectivity index (χ1v) is 7.03. The second kappa shape index (κ2) is 8.51. The van der Waals surface area contributed by atoms with Crippen LogP contribution in [0.2, 0.25) is 0 Å². The van der Waals surface area contributed by atoms with E-state index in [1.807, 2.05) is 11.9 Å². The highest BCUT2D eigenvalue weighted by molar-refractivity contribution is 5.82. The van der Waals surface area contributed by atoms with Crippen LogP contribution in [0.1, 0.15) is 59.3 Å². The van der Waals surface area contributed by atoms with Gasteiger partial charge in [-0.1, -0.05) is 40.0 Å². The molecule has 0 saturated carbocycles. The summed E-state index contributed by atoms with van der Waals surface area (Å²) in [6.45, 7) is 7.72. The molecular formula is C14H30N2O. The first-order valence-electron chi connectivity index (χ1n) is 7.03. The zero-order chi connectivity index (χ0) is 13.3. The molecule has 3 nitrogen and oxygen atoms in total. The summed E-state index contributed by atoms with van der Waals surface area (Å²) in [7, 11) is 1.91. The van der Waals surface area contributed by atoms with E-state index in [0.29, 0.717) is 6.54 Å². The lowest BCUT2D eigenvalue weighted by Crippen LogP contribution is -2.47. The molecular weight excluding hydrogens is 212 g/mol. The van der Waals surface area contributed by atoms with Crippen molar-refractivity contribution in [1.29, 1.82) is 0 Å². The first kappa shape index (κ1) is 16.4. The van der Waals surface area contributed by atoms with E-state index in [0.717, 1.165) is 45.1 Å². The predicted octanol–water partition coefficient (Wildman–Crippen LogP) is 2.79. The number of carbonyl (C=O) groups is 1. The SMILES string of the molecule is CCCCN(C)C(=O)C(CN)(CCC)CCC. The molecule has 0 aromatic rings. The van der Waals surface area contributed by atoms with Gasteiger partial charge in [0.2, 0.25) is 5.91 Å². The molecule has 0 bridgehead atoms. The largest absolute Gasteiger partial charge is 0.345 e. The minimum atomic E-state index is -0.314. The van der Waals surface area contributed by atoms with Crippen LogP contribution in [0.4, 0.5) is 0 Å². The van der Waals surface area contributed by atoms with E-state index < -0.39 is 0 Å². The lowest BCUT2D eigenvalue weighted by atomic mass is 9.78. The predicted molar refractivity (Wildman–Crippen MR) is 73.8 cm³/mol. The fraction of sp³-hybridized carbons (Fsp3) is 0.929. The fourth-order valence-corrected chi connectivity index (χ4v) is 2.49. The van der Waals surface area contributed by atoms with Gasteiger partial charge in [-0.05, 0) is 19.3 Å². The summed E-state index contributed by atoms with van der Waals surface area (Å²) in [5, 5.41) is 0. The number of rotatable bonds is 9. The normalized spacial score (nSPS) is 11.6. The van der Waals surface area contributed by atoms with Crippen molar-refractivity contribution in [1.82, 2.24) is 4.90 Å². The van der Waals surface area contributed by atoms with Gasteiger partial charge in [-0.15, -0.1) is 0 Å². The number of nitrogens with two attached hydrogens (primary N) is 1. The molecule has 0 aliphatic carbocycles. The summed E-state index contributed by atoms with van der Waals surface area (Å²) >= 11 is 0. The lowest BCUT2D eigenvalue weighted by molar-refractivity contribution is -0.141. The Bertz CT molecular complexity index is 210. The van der Waals surface area contributed by atoms with Crippen LogP contribution >= 0.6 is 0 Å². The quantitative estimate of drug-likeness (QED) is 0.676. The van der Waals surface area contributed by atoms with Gasteiger partial charge >= 0.3 is 0 Å². The second-order valence-corrected chi connectivity index (χ2v) is 5.06. The molecule has 0 fully saturated rings. The average Bonchev–Trinajstić information content (AvgIpc) is 2.34. The third-order valence-electron chi connectivity index (χ3n) is 3.50. The zero-order valence-electron chi connectivity index (χ0n) is 12.1. The molecule has 0 radical (unpaired) electrons. The third kappa shape index (κ3) is 4.66. The van der Waals surface area contributed by atoms with E-state index in [9.17, 15) is 4.79 Å². The molecule has 0 aromatic heterocycles. The Morgan fingerprint density at radius 3 is 2.00 bits per heavy atom. The topological polar surface area (TPSA) is 46.3 Å². The molecule has 0 heterocycles. The van der Waals surface area contributed by atoms with Crippen molar-refractivity contribution in [2.75, 3.05) is 20.1 Å². The van der Waals surface area contributed by atoms with Gasteiger partial charge in [-0.3, -0.25) is 4.79 Å². The van der Waals surface area contributed by atoms with Gasteiger partial charge in [-0.2, -0.15) is 0 Å². The second-order valence-electron chi connectivity index (χ2n) is 5.06. The number of nitrogens with zero attached hydrogens (tertiary/aromatic N) is 1. The highest BCUT2D eigenvalue weighted by atomic mass is 16.2. The minimum absolute atomic E-state index is 0.247. The van der Waals surface area contributed by atoms with Crippen LogP contribution in [0.3, 0.4) is 0 Å². The molecule has 2 N–H and O–H groups in total. The first-order chi connectivity index (χ1) is 8.07. The standard InChI is InChI=1S/C14H30N2O/c1-5-8-11-16(4)13(17)14(12-15,9-6-2)10-7-3/h5-12,15H2,1-4H3. The van der Waals surface area contributed by atoms with Crippen LogP contribution in [0, 0.1) is 5.41 Å². The molecule has 0 aliphatic heterocycles. The number of amides is 1. The monoisotopic (exact) mass is 242 g/mol. The Morgan fingerprint density at radius 1 is 1.12 bits per heavy atom. The van der Waals surface area contributed by atoms with E-state index in [-0.39, 0.29) is 11.3 Å². The Kier molecular flexibility index (Phi) is 8.23. The van der Waals surface area contributed by atoms with Gasteiger partial charge in [-0.25, -0.2) is 0 Å². The molecule has 17 heavy (non-hydrogen) atoms. The van der Waals surface area contributed by atoms with Crippen LogP contribution in [0.5, 0.6) is 0 Å². The Balaban J connectivity index is 4.70. The van der Waals surface area contributed by atoms with Crippen molar-refractivity contribution >= 4 is 5.91 Å². The van der Waals surface area contributed by atoms with Gasteiger partial charge in [0.15, 0.2) is 0 Å². The van der Waals surface area contributed by atoms with Gasteiger partial charge in [0.05, 0.1) is 5.41 Å². The molecule has 3 heteroatoms. The Hall–Kier alpha value is -0.570. The van der Waals surface area contributed by atoms with Crippen molar-refractivity contribution in [3.05, 3.63) is 0 Å². The highest BCUT2D eigenvalue weighted by Crippen LogP contribution is 2.31. The summed E-state index contributed by atoms with van der Waals surface area (Å²) in [6, 6.07) is 0. The number of hydrogen-bond donors (Lipinski definition) is 1. The molecule has 1 amide bonds. The molecule has 0 aliphatic rings. The van der Waals surface area contributed by atoms with Crippen LogP contribution in [0.15, 0.2) is 0 Å².